The van der Waals surface area contributed by atoms with Crippen molar-refractivity contribution in [3.05, 3.63) is 29.3 Å². The van der Waals surface area contributed by atoms with Gasteiger partial charge in [0.2, 0.25) is 0 Å². The van der Waals surface area contributed by atoms with Gasteiger partial charge < -0.3 is 9.47 Å². The average molecular weight is 324 g/mol. The molecule has 0 aliphatic carbocycles. The highest BCUT2D eigenvalue weighted by atomic mass is 79.9. The first-order valence-electron chi connectivity index (χ1n) is 6.06. The molecular formula is C15H18BrNO2. The molecule has 0 saturated heterocycles. The van der Waals surface area contributed by atoms with Crippen LogP contribution in [0.4, 0.5) is 0 Å². The summed E-state index contributed by atoms with van der Waals surface area (Å²) in [6.45, 7) is 4.34. The highest BCUT2D eigenvalue weighted by molar-refractivity contribution is 9.09. The van der Waals surface area contributed by atoms with E-state index in [1.807, 2.05) is 24.3 Å². The number of nitrogens with zero attached hydrogens (tertiary/aromatic N) is 1. The molecule has 4 heteroatoms. The van der Waals surface area contributed by atoms with Gasteiger partial charge in [0.25, 0.3) is 0 Å². The number of rotatable bonds is 6. The lowest BCUT2D eigenvalue weighted by atomic mass is 10.0. The molecule has 0 saturated carbocycles. The SMILES string of the molecule is COc1cc(C=C(CBr)C(C)C)ccc1OCC#N. The molecule has 0 aliphatic rings. The molecule has 0 aliphatic heterocycles. The second-order valence-electron chi connectivity index (χ2n) is 4.36. The fourth-order valence-corrected chi connectivity index (χ4v) is 2.39. The van der Waals surface area contributed by atoms with Crippen LogP contribution in [0.1, 0.15) is 19.4 Å². The first-order valence-corrected chi connectivity index (χ1v) is 7.18. The van der Waals surface area contributed by atoms with Gasteiger partial charge >= 0.3 is 0 Å². The van der Waals surface area contributed by atoms with Crippen LogP contribution in [0, 0.1) is 17.2 Å². The normalized spacial score (nSPS) is 11.3. The van der Waals surface area contributed by atoms with Gasteiger partial charge in [-0.3, -0.25) is 0 Å². The van der Waals surface area contributed by atoms with E-state index in [2.05, 4.69) is 35.9 Å². The second kappa shape index (κ2) is 7.85. The first-order chi connectivity index (χ1) is 9.12. The van der Waals surface area contributed by atoms with Crippen LogP contribution in [-0.2, 0) is 0 Å². The largest absolute Gasteiger partial charge is 0.493 e. The van der Waals surface area contributed by atoms with Crippen LogP contribution in [0.15, 0.2) is 23.8 Å². The van der Waals surface area contributed by atoms with E-state index in [4.69, 9.17) is 14.7 Å². The molecule has 0 radical (unpaired) electrons. The number of alkyl halides is 1. The number of halogens is 1. The van der Waals surface area contributed by atoms with Crippen LogP contribution in [0.3, 0.4) is 0 Å². The first kappa shape index (κ1) is 15.6. The Labute approximate surface area is 123 Å². The summed E-state index contributed by atoms with van der Waals surface area (Å²) in [5.74, 6) is 1.72. The summed E-state index contributed by atoms with van der Waals surface area (Å²) in [5, 5.41) is 9.37. The van der Waals surface area contributed by atoms with Crippen molar-refractivity contribution < 1.29 is 9.47 Å². The van der Waals surface area contributed by atoms with Gasteiger partial charge in [-0.2, -0.15) is 5.26 Å². The van der Waals surface area contributed by atoms with Gasteiger partial charge in [-0.15, -0.1) is 0 Å². The molecule has 102 valence electrons. The van der Waals surface area contributed by atoms with E-state index in [0.29, 0.717) is 17.4 Å². The minimum Gasteiger partial charge on any atom is -0.493 e. The van der Waals surface area contributed by atoms with E-state index in [9.17, 15) is 0 Å². The van der Waals surface area contributed by atoms with Crippen molar-refractivity contribution in [3.63, 3.8) is 0 Å². The topological polar surface area (TPSA) is 42.2 Å². The van der Waals surface area contributed by atoms with E-state index in [1.165, 1.54) is 5.57 Å². The maximum atomic E-state index is 8.53. The molecule has 0 spiro atoms. The van der Waals surface area contributed by atoms with Crippen LogP contribution >= 0.6 is 15.9 Å². The molecule has 0 heterocycles. The zero-order valence-electron chi connectivity index (χ0n) is 11.4. The number of benzene rings is 1. The zero-order valence-corrected chi connectivity index (χ0v) is 13.0. The van der Waals surface area contributed by atoms with E-state index in [1.54, 1.807) is 7.11 Å². The number of nitriles is 1. The Morgan fingerprint density at radius 3 is 2.68 bits per heavy atom. The summed E-state index contributed by atoms with van der Waals surface area (Å²) in [6.07, 6.45) is 2.13. The van der Waals surface area contributed by atoms with E-state index >= 15 is 0 Å². The molecule has 1 rings (SSSR count). The summed E-state index contributed by atoms with van der Waals surface area (Å²) in [5.41, 5.74) is 2.37. The summed E-state index contributed by atoms with van der Waals surface area (Å²) in [4.78, 5) is 0. The predicted molar refractivity (Wildman–Crippen MR) is 80.7 cm³/mol. The van der Waals surface area contributed by atoms with E-state index < -0.39 is 0 Å². The third kappa shape index (κ3) is 4.60. The molecule has 0 fully saturated rings. The van der Waals surface area contributed by atoms with Crippen LogP contribution in [0.2, 0.25) is 0 Å². The smallest absolute Gasteiger partial charge is 0.174 e. The van der Waals surface area contributed by atoms with Crippen LogP contribution in [0.5, 0.6) is 11.5 Å². The maximum absolute atomic E-state index is 8.53. The second-order valence-corrected chi connectivity index (χ2v) is 4.93. The quantitative estimate of drug-likeness (QED) is 0.742. The van der Waals surface area contributed by atoms with E-state index in [0.717, 1.165) is 10.9 Å². The molecule has 1 aromatic carbocycles. The molecule has 1 aromatic rings. The highest BCUT2D eigenvalue weighted by Gasteiger charge is 2.06. The Hall–Kier alpha value is -1.47. The summed E-state index contributed by atoms with van der Waals surface area (Å²) >= 11 is 3.50. The Morgan fingerprint density at radius 1 is 1.42 bits per heavy atom. The van der Waals surface area contributed by atoms with Crippen LogP contribution in [-0.4, -0.2) is 19.0 Å². The third-order valence-electron chi connectivity index (χ3n) is 2.73. The lowest BCUT2D eigenvalue weighted by Gasteiger charge is -2.11. The Bertz CT molecular complexity index is 489. The van der Waals surface area contributed by atoms with Gasteiger partial charge in [-0.05, 0) is 23.6 Å². The van der Waals surface area contributed by atoms with Gasteiger partial charge in [0.1, 0.15) is 6.07 Å². The molecule has 0 unspecified atom stereocenters. The van der Waals surface area contributed by atoms with Crippen molar-refractivity contribution in [1.82, 2.24) is 0 Å². The van der Waals surface area contributed by atoms with Crippen molar-refractivity contribution in [3.8, 4) is 17.6 Å². The van der Waals surface area contributed by atoms with Crippen molar-refractivity contribution >= 4 is 22.0 Å². The van der Waals surface area contributed by atoms with Crippen LogP contribution in [0.25, 0.3) is 6.08 Å². The Kier molecular flexibility index (Phi) is 6.44. The third-order valence-corrected chi connectivity index (χ3v) is 3.38. The Balaban J connectivity index is 3.03. The number of ether oxygens (including phenoxy) is 2. The minimum absolute atomic E-state index is 0.0180. The highest BCUT2D eigenvalue weighted by Crippen LogP contribution is 2.29. The Morgan fingerprint density at radius 2 is 2.16 bits per heavy atom. The van der Waals surface area contributed by atoms with Crippen molar-refractivity contribution in [2.45, 2.75) is 13.8 Å². The van der Waals surface area contributed by atoms with Gasteiger partial charge in [-0.25, -0.2) is 0 Å². The fraction of sp³-hybridized carbons (Fsp3) is 0.400. The zero-order chi connectivity index (χ0) is 14.3. The predicted octanol–water partition coefficient (Wildman–Crippen LogP) is 4.03. The van der Waals surface area contributed by atoms with E-state index in [-0.39, 0.29) is 6.61 Å². The monoisotopic (exact) mass is 323 g/mol. The molecule has 0 N–H and O–H groups in total. The van der Waals surface area contributed by atoms with Gasteiger partial charge in [0, 0.05) is 5.33 Å². The number of methoxy groups -OCH3 is 1. The maximum Gasteiger partial charge on any atom is 0.174 e. The standard InChI is InChI=1S/C15H18BrNO2/c1-11(2)13(10-16)8-12-4-5-14(19-7-6-17)15(9-12)18-3/h4-5,8-9,11H,7,10H2,1-3H3. The summed E-state index contributed by atoms with van der Waals surface area (Å²) < 4.78 is 10.6. The van der Waals surface area contributed by atoms with Gasteiger partial charge in [0.05, 0.1) is 7.11 Å². The summed E-state index contributed by atoms with van der Waals surface area (Å²) in [7, 11) is 1.59. The van der Waals surface area contributed by atoms with Gasteiger partial charge in [-0.1, -0.05) is 47.5 Å². The van der Waals surface area contributed by atoms with Gasteiger partial charge in [0.15, 0.2) is 18.1 Å². The molecule has 0 aromatic heterocycles. The van der Waals surface area contributed by atoms with Crippen molar-refractivity contribution in [2.75, 3.05) is 19.0 Å². The lowest BCUT2D eigenvalue weighted by Crippen LogP contribution is -1.98. The number of hydrogen-bond donors (Lipinski definition) is 0. The molecule has 19 heavy (non-hydrogen) atoms. The minimum atomic E-state index is 0.0180. The fourth-order valence-electron chi connectivity index (χ4n) is 1.58. The molecule has 0 amide bonds. The molecule has 0 bridgehead atoms. The summed E-state index contributed by atoms with van der Waals surface area (Å²) in [6, 6.07) is 7.64. The number of hydrogen-bond acceptors (Lipinski definition) is 3. The lowest BCUT2D eigenvalue weighted by molar-refractivity contribution is 0.329. The number of allylic oxidation sites excluding steroid dienone is 1. The molecule has 3 nitrogen and oxygen atoms in total. The average Bonchev–Trinajstić information content (AvgIpc) is 2.42. The van der Waals surface area contributed by atoms with Crippen molar-refractivity contribution in [2.24, 2.45) is 5.92 Å². The van der Waals surface area contributed by atoms with Crippen LogP contribution < -0.4 is 9.47 Å². The molecular weight excluding hydrogens is 306 g/mol. The molecule has 0 atom stereocenters. The van der Waals surface area contributed by atoms with Crippen molar-refractivity contribution in [1.29, 1.82) is 5.26 Å².